The molecule has 0 saturated carbocycles. The third kappa shape index (κ3) is 4.66. The van der Waals surface area contributed by atoms with Crippen LogP contribution in [0.1, 0.15) is 44.6 Å². The van der Waals surface area contributed by atoms with E-state index in [0.717, 1.165) is 44.2 Å². The van der Waals surface area contributed by atoms with Gasteiger partial charge in [-0.1, -0.05) is 84.4 Å². The number of fused-ring (bicyclic) bond motifs is 6. The number of carbonyl (C=O) groups is 1. The van der Waals surface area contributed by atoms with Crippen LogP contribution in [0.15, 0.2) is 103 Å². The summed E-state index contributed by atoms with van der Waals surface area (Å²) in [7, 11) is 0. The van der Waals surface area contributed by atoms with Gasteiger partial charge in [-0.25, -0.2) is 0 Å². The molecule has 1 aromatic heterocycles. The van der Waals surface area contributed by atoms with Crippen LogP contribution in [0, 0.1) is 6.92 Å². The zero-order valence-corrected chi connectivity index (χ0v) is 23.6. The maximum Gasteiger partial charge on any atom is 0.251 e. The van der Waals surface area contributed by atoms with E-state index < -0.39 is 0 Å². The molecule has 2 aliphatic carbocycles. The van der Waals surface area contributed by atoms with Crippen LogP contribution in [-0.2, 0) is 32.2 Å². The lowest BCUT2D eigenvalue weighted by atomic mass is 9.77. The number of carbonyl (C=O) groups excluding carboxylic acids is 1. The Labute approximate surface area is 242 Å². The van der Waals surface area contributed by atoms with Crippen LogP contribution in [0.25, 0.3) is 33.6 Å². The van der Waals surface area contributed by atoms with Gasteiger partial charge in [0.25, 0.3) is 5.91 Å². The topological polar surface area (TPSA) is 33.0 Å². The normalized spacial score (nSPS) is 13.0. The minimum absolute atomic E-state index is 0.00539. The van der Waals surface area contributed by atoms with Gasteiger partial charge in [-0.2, -0.15) is 4.57 Å². The Kier molecular flexibility index (Phi) is 6.72. The highest BCUT2D eigenvalue weighted by Gasteiger charge is 2.37. The van der Waals surface area contributed by atoms with Crippen molar-refractivity contribution in [3.8, 4) is 33.6 Å². The van der Waals surface area contributed by atoms with Crippen LogP contribution >= 0.6 is 0 Å². The van der Waals surface area contributed by atoms with Gasteiger partial charge in [0.05, 0.1) is 0 Å². The Hall–Kier alpha value is -4.50. The zero-order chi connectivity index (χ0) is 27.8. The molecule has 1 heterocycles. The first kappa shape index (κ1) is 25.5. The lowest BCUT2D eigenvalue weighted by Gasteiger charge is -2.28. The van der Waals surface area contributed by atoms with E-state index in [1.807, 2.05) is 31.2 Å². The lowest BCUT2D eigenvalue weighted by Crippen LogP contribution is -2.44. The SMILES string of the molecule is Cc1ccc(C(=O)NCCC[n+]2c3c(c(-c4ccccc4)c4c2-c2ccccc2CC4)CCc2ccccc2-3)cc1. The number of benzene rings is 4. The summed E-state index contributed by atoms with van der Waals surface area (Å²) < 4.78 is 2.60. The number of rotatable bonds is 6. The molecule has 0 aliphatic heterocycles. The Morgan fingerprint density at radius 2 is 1.24 bits per heavy atom. The first-order valence-electron chi connectivity index (χ1n) is 14.9. The molecule has 3 heteroatoms. The Bertz CT molecular complexity index is 1680. The molecule has 0 radical (unpaired) electrons. The molecule has 0 fully saturated rings. The van der Waals surface area contributed by atoms with Crippen molar-refractivity contribution < 1.29 is 9.36 Å². The summed E-state index contributed by atoms with van der Waals surface area (Å²) in [5.41, 5.74) is 15.8. The number of pyridine rings is 1. The van der Waals surface area contributed by atoms with E-state index >= 15 is 0 Å². The van der Waals surface area contributed by atoms with Gasteiger partial charge in [-0.3, -0.25) is 4.79 Å². The maximum absolute atomic E-state index is 12.8. The number of nitrogens with one attached hydrogen (secondary N) is 1. The van der Waals surface area contributed by atoms with Gasteiger partial charge >= 0.3 is 0 Å². The van der Waals surface area contributed by atoms with Crippen molar-refractivity contribution >= 4 is 5.91 Å². The summed E-state index contributed by atoms with van der Waals surface area (Å²) in [5, 5.41) is 3.17. The summed E-state index contributed by atoms with van der Waals surface area (Å²) in [6, 6.07) is 36.7. The van der Waals surface area contributed by atoms with Gasteiger partial charge < -0.3 is 5.32 Å². The van der Waals surface area contributed by atoms with Gasteiger partial charge in [0.15, 0.2) is 6.54 Å². The van der Waals surface area contributed by atoms with Crippen molar-refractivity contribution in [2.75, 3.05) is 6.54 Å². The lowest BCUT2D eigenvalue weighted by molar-refractivity contribution is -0.676. The van der Waals surface area contributed by atoms with Crippen LogP contribution in [0.4, 0.5) is 0 Å². The van der Waals surface area contributed by atoms with Crippen LogP contribution in [0.2, 0.25) is 0 Å². The monoisotopic (exact) mass is 535 g/mol. The third-order valence-corrected chi connectivity index (χ3v) is 8.77. The molecule has 0 unspecified atom stereocenters. The Balaban J connectivity index is 1.35. The highest BCUT2D eigenvalue weighted by atomic mass is 16.1. The first-order chi connectivity index (χ1) is 20.2. The number of nitrogens with zero attached hydrogens (tertiary/aromatic N) is 1. The average Bonchev–Trinajstić information content (AvgIpc) is 3.02. The molecule has 0 bridgehead atoms. The van der Waals surface area contributed by atoms with Gasteiger partial charge in [0.2, 0.25) is 11.4 Å². The second kappa shape index (κ2) is 10.8. The fraction of sp³-hybridized carbons (Fsp3) is 0.211. The highest BCUT2D eigenvalue weighted by molar-refractivity contribution is 5.94. The average molecular weight is 536 g/mol. The van der Waals surface area contributed by atoms with E-state index in [-0.39, 0.29) is 5.91 Å². The zero-order valence-electron chi connectivity index (χ0n) is 23.6. The van der Waals surface area contributed by atoms with Crippen LogP contribution in [-0.4, -0.2) is 12.5 Å². The standard InChI is InChI=1S/C38H34N2O/c1-26-16-18-30(19-17-26)38(41)39-24-9-25-40-36-31-14-7-5-10-27(31)20-22-33(36)35(29-12-3-2-4-13-29)34-23-21-28-11-6-8-15-32(28)37(34)40/h2-8,10-19H,9,20-25H2,1H3/p+1. The first-order valence-corrected chi connectivity index (χ1v) is 14.9. The molecule has 1 N–H and O–H groups in total. The smallest absolute Gasteiger partial charge is 0.251 e. The molecule has 4 aromatic carbocycles. The number of hydrogen-bond donors (Lipinski definition) is 1. The van der Waals surface area contributed by atoms with Crippen molar-refractivity contribution in [3.63, 3.8) is 0 Å². The molecule has 2 aliphatic rings. The third-order valence-electron chi connectivity index (χ3n) is 8.77. The second-order valence-electron chi connectivity index (χ2n) is 11.3. The summed E-state index contributed by atoms with van der Waals surface area (Å²) >= 11 is 0. The highest BCUT2D eigenvalue weighted by Crippen LogP contribution is 2.44. The summed E-state index contributed by atoms with van der Waals surface area (Å²) in [6.45, 7) is 3.52. The minimum Gasteiger partial charge on any atom is -0.352 e. The van der Waals surface area contributed by atoms with E-state index in [2.05, 4.69) is 88.7 Å². The maximum atomic E-state index is 12.8. The molecule has 0 atom stereocenters. The second-order valence-corrected chi connectivity index (χ2v) is 11.3. The van der Waals surface area contributed by atoms with Gasteiger partial charge in [-0.15, -0.1) is 0 Å². The van der Waals surface area contributed by atoms with Crippen molar-refractivity contribution in [1.82, 2.24) is 5.32 Å². The predicted molar refractivity (Wildman–Crippen MR) is 166 cm³/mol. The van der Waals surface area contributed by atoms with Crippen LogP contribution < -0.4 is 9.88 Å². The predicted octanol–water partition coefficient (Wildman–Crippen LogP) is 7.30. The summed E-state index contributed by atoms with van der Waals surface area (Å²) in [5.74, 6) is -0.00539. The fourth-order valence-corrected chi connectivity index (χ4v) is 6.84. The Morgan fingerprint density at radius 3 is 1.85 bits per heavy atom. The number of amides is 1. The fourth-order valence-electron chi connectivity index (χ4n) is 6.84. The van der Waals surface area contributed by atoms with Gasteiger partial charge in [-0.05, 0) is 73.6 Å². The summed E-state index contributed by atoms with van der Waals surface area (Å²) in [6.07, 6.45) is 5.05. The van der Waals surface area contributed by atoms with Gasteiger partial charge in [0.1, 0.15) is 0 Å². The molecule has 7 rings (SSSR count). The van der Waals surface area contributed by atoms with Crippen molar-refractivity contribution in [1.29, 1.82) is 0 Å². The van der Waals surface area contributed by atoms with Gasteiger partial charge in [0, 0.05) is 46.3 Å². The van der Waals surface area contributed by atoms with E-state index in [9.17, 15) is 4.79 Å². The molecule has 3 nitrogen and oxygen atoms in total. The van der Waals surface area contributed by atoms with E-state index in [1.54, 1.807) is 0 Å². The van der Waals surface area contributed by atoms with Crippen molar-refractivity contribution in [2.24, 2.45) is 0 Å². The molecule has 0 spiro atoms. The Morgan fingerprint density at radius 1 is 0.683 bits per heavy atom. The summed E-state index contributed by atoms with van der Waals surface area (Å²) in [4.78, 5) is 12.8. The molecule has 0 saturated heterocycles. The molecule has 41 heavy (non-hydrogen) atoms. The number of aryl methyl sites for hydroxylation is 3. The minimum atomic E-state index is -0.00539. The largest absolute Gasteiger partial charge is 0.352 e. The molecule has 5 aromatic rings. The molecule has 202 valence electrons. The number of hydrogen-bond acceptors (Lipinski definition) is 1. The van der Waals surface area contributed by atoms with Crippen LogP contribution in [0.3, 0.4) is 0 Å². The van der Waals surface area contributed by atoms with Crippen molar-refractivity contribution in [2.45, 2.75) is 45.6 Å². The number of aromatic nitrogens is 1. The molecule has 1 amide bonds. The van der Waals surface area contributed by atoms with Crippen molar-refractivity contribution in [3.05, 3.63) is 137 Å². The molecular weight excluding hydrogens is 500 g/mol. The van der Waals surface area contributed by atoms with E-state index in [4.69, 9.17) is 0 Å². The quantitative estimate of drug-likeness (QED) is 0.180. The van der Waals surface area contributed by atoms with E-state index in [0.29, 0.717) is 12.1 Å². The molecular formula is C38H35N2O+. The van der Waals surface area contributed by atoms with Crippen LogP contribution in [0.5, 0.6) is 0 Å². The van der Waals surface area contributed by atoms with E-state index in [1.165, 1.54) is 55.9 Å².